The van der Waals surface area contributed by atoms with E-state index in [4.69, 9.17) is 5.73 Å². The van der Waals surface area contributed by atoms with Crippen molar-refractivity contribution in [2.75, 3.05) is 25.9 Å². The van der Waals surface area contributed by atoms with Gasteiger partial charge in [-0.2, -0.15) is 5.10 Å². The van der Waals surface area contributed by atoms with Gasteiger partial charge < -0.3 is 10.6 Å². The number of nitrogens with one attached hydrogen (secondary N) is 2. The highest BCUT2D eigenvalue weighted by molar-refractivity contribution is 7.89. The number of H-pyrrole nitrogens is 1. The Kier molecular flexibility index (Phi) is 3.36. The molecule has 1 atom stereocenters. The highest BCUT2D eigenvalue weighted by atomic mass is 32.2. The first-order chi connectivity index (χ1) is 8.00. The summed E-state index contributed by atoms with van der Waals surface area (Å²) in [4.78, 5) is 2.17. The zero-order chi connectivity index (χ0) is 12.5. The molecule has 1 aromatic rings. The van der Waals surface area contributed by atoms with Crippen molar-refractivity contribution in [3.63, 3.8) is 0 Å². The molecule has 7 nitrogen and oxygen atoms in total. The molecule has 1 aliphatic rings. The molecule has 1 aliphatic heterocycles. The number of likely N-dealkylation sites (tertiary alicyclic amines) is 1. The van der Waals surface area contributed by atoms with Crippen LogP contribution in [0, 0.1) is 0 Å². The standard InChI is InChI=1S/C9H17N5O2S/c1-14-4-2-3-7(14)5-12-17(15,16)8-6-11-13-9(8)10/h6-7,12H,2-5H2,1H3,(H3,10,11,13). The van der Waals surface area contributed by atoms with Gasteiger partial charge in [-0.3, -0.25) is 5.10 Å². The van der Waals surface area contributed by atoms with Gasteiger partial charge in [0.1, 0.15) is 10.7 Å². The molecule has 17 heavy (non-hydrogen) atoms. The summed E-state index contributed by atoms with van der Waals surface area (Å²) < 4.78 is 26.4. The van der Waals surface area contributed by atoms with E-state index in [9.17, 15) is 8.42 Å². The first-order valence-electron chi connectivity index (χ1n) is 5.49. The molecule has 0 bridgehead atoms. The fourth-order valence-electron chi connectivity index (χ4n) is 2.02. The molecule has 0 aliphatic carbocycles. The molecule has 1 saturated heterocycles. The lowest BCUT2D eigenvalue weighted by atomic mass is 10.2. The predicted molar refractivity (Wildman–Crippen MR) is 63.8 cm³/mol. The van der Waals surface area contributed by atoms with E-state index >= 15 is 0 Å². The van der Waals surface area contributed by atoms with E-state index < -0.39 is 10.0 Å². The maximum atomic E-state index is 11.9. The Hall–Kier alpha value is -1.12. The van der Waals surface area contributed by atoms with Crippen LogP contribution in [0.5, 0.6) is 0 Å². The Morgan fingerprint density at radius 2 is 2.47 bits per heavy atom. The number of nitrogen functional groups attached to an aromatic ring is 1. The van der Waals surface area contributed by atoms with E-state index in [1.807, 2.05) is 7.05 Å². The predicted octanol–water partition coefficient (Wildman–Crippen LogP) is -0.636. The smallest absolute Gasteiger partial charge is 0.245 e. The normalized spacial score (nSPS) is 22.1. The van der Waals surface area contributed by atoms with Crippen LogP contribution in [0.1, 0.15) is 12.8 Å². The summed E-state index contributed by atoms with van der Waals surface area (Å²) in [5, 5.41) is 6.01. The zero-order valence-corrected chi connectivity index (χ0v) is 10.5. The van der Waals surface area contributed by atoms with Gasteiger partial charge in [0, 0.05) is 12.6 Å². The second kappa shape index (κ2) is 4.63. The molecular weight excluding hydrogens is 242 g/mol. The first-order valence-corrected chi connectivity index (χ1v) is 6.98. The zero-order valence-electron chi connectivity index (χ0n) is 9.68. The Morgan fingerprint density at radius 3 is 3.00 bits per heavy atom. The van der Waals surface area contributed by atoms with Crippen LogP contribution in [0.2, 0.25) is 0 Å². The first kappa shape index (κ1) is 12.3. The summed E-state index contributed by atoms with van der Waals surface area (Å²) in [6, 6.07) is 0.262. The molecule has 1 fully saturated rings. The number of aromatic nitrogens is 2. The molecule has 0 spiro atoms. The molecule has 1 aromatic heterocycles. The van der Waals surface area contributed by atoms with E-state index in [0.29, 0.717) is 6.54 Å². The van der Waals surface area contributed by atoms with Crippen LogP contribution < -0.4 is 10.5 Å². The lowest BCUT2D eigenvalue weighted by Gasteiger charge is -2.19. The van der Waals surface area contributed by atoms with Gasteiger partial charge in [-0.25, -0.2) is 13.1 Å². The van der Waals surface area contributed by atoms with E-state index in [0.717, 1.165) is 19.4 Å². The number of nitrogens with two attached hydrogens (primary N) is 1. The van der Waals surface area contributed by atoms with Crippen molar-refractivity contribution in [2.45, 2.75) is 23.8 Å². The topological polar surface area (TPSA) is 104 Å². The number of rotatable bonds is 4. The average molecular weight is 259 g/mol. The van der Waals surface area contributed by atoms with Crippen LogP contribution in [0.3, 0.4) is 0 Å². The molecule has 8 heteroatoms. The van der Waals surface area contributed by atoms with Crippen LogP contribution >= 0.6 is 0 Å². The second-order valence-electron chi connectivity index (χ2n) is 4.28. The van der Waals surface area contributed by atoms with Crippen molar-refractivity contribution < 1.29 is 8.42 Å². The number of sulfonamides is 1. The largest absolute Gasteiger partial charge is 0.383 e. The Bertz CT molecular complexity index is 483. The number of hydrogen-bond acceptors (Lipinski definition) is 5. The summed E-state index contributed by atoms with van der Waals surface area (Å²) in [7, 11) is -1.56. The number of aromatic amines is 1. The summed E-state index contributed by atoms with van der Waals surface area (Å²) >= 11 is 0. The highest BCUT2D eigenvalue weighted by Gasteiger charge is 2.25. The number of likely N-dealkylation sites (N-methyl/N-ethyl adjacent to an activating group) is 1. The fraction of sp³-hybridized carbons (Fsp3) is 0.667. The minimum Gasteiger partial charge on any atom is -0.383 e. The third-order valence-electron chi connectivity index (χ3n) is 3.10. The van der Waals surface area contributed by atoms with Gasteiger partial charge in [0.05, 0.1) is 6.20 Å². The van der Waals surface area contributed by atoms with Crippen molar-refractivity contribution >= 4 is 15.8 Å². The van der Waals surface area contributed by atoms with Gasteiger partial charge in [-0.1, -0.05) is 0 Å². The quantitative estimate of drug-likeness (QED) is 0.667. The van der Waals surface area contributed by atoms with Gasteiger partial charge in [-0.05, 0) is 26.4 Å². The summed E-state index contributed by atoms with van der Waals surface area (Å²) in [6.07, 6.45) is 3.34. The Morgan fingerprint density at radius 1 is 1.71 bits per heavy atom. The van der Waals surface area contributed by atoms with Crippen molar-refractivity contribution in [2.24, 2.45) is 0 Å². The van der Waals surface area contributed by atoms with E-state index in [-0.39, 0.29) is 16.8 Å². The van der Waals surface area contributed by atoms with E-state index in [1.54, 1.807) is 0 Å². The van der Waals surface area contributed by atoms with Gasteiger partial charge in [0.2, 0.25) is 10.0 Å². The number of anilines is 1. The lowest BCUT2D eigenvalue weighted by Crippen LogP contribution is -2.38. The van der Waals surface area contributed by atoms with Crippen molar-refractivity contribution in [3.8, 4) is 0 Å². The number of nitrogens with zero attached hydrogens (tertiary/aromatic N) is 2. The molecule has 0 radical (unpaired) electrons. The highest BCUT2D eigenvalue weighted by Crippen LogP contribution is 2.16. The average Bonchev–Trinajstić information content (AvgIpc) is 2.85. The number of hydrogen-bond donors (Lipinski definition) is 3. The van der Waals surface area contributed by atoms with Crippen LogP contribution in [-0.2, 0) is 10.0 Å². The molecule has 2 heterocycles. The minimum absolute atomic E-state index is 0.0122. The van der Waals surface area contributed by atoms with Crippen LogP contribution in [0.25, 0.3) is 0 Å². The summed E-state index contributed by atoms with van der Waals surface area (Å²) in [6.45, 7) is 1.42. The minimum atomic E-state index is -3.55. The van der Waals surface area contributed by atoms with Crippen molar-refractivity contribution in [1.82, 2.24) is 19.8 Å². The third-order valence-corrected chi connectivity index (χ3v) is 4.55. The third kappa shape index (κ3) is 2.59. The summed E-state index contributed by atoms with van der Waals surface area (Å²) in [5.74, 6) is 0.0669. The van der Waals surface area contributed by atoms with Gasteiger partial charge in [0.15, 0.2) is 0 Å². The SMILES string of the molecule is CN1CCCC1CNS(=O)(=O)c1cn[nH]c1N. The maximum Gasteiger partial charge on any atom is 0.245 e. The van der Waals surface area contributed by atoms with Crippen LogP contribution in [-0.4, -0.2) is 49.7 Å². The molecule has 0 saturated carbocycles. The molecule has 1 unspecified atom stereocenters. The molecule has 96 valence electrons. The van der Waals surface area contributed by atoms with E-state index in [2.05, 4.69) is 19.8 Å². The van der Waals surface area contributed by atoms with Gasteiger partial charge >= 0.3 is 0 Å². The Labute approximate surface area is 100 Å². The van der Waals surface area contributed by atoms with Crippen LogP contribution in [0.15, 0.2) is 11.1 Å². The van der Waals surface area contributed by atoms with Crippen molar-refractivity contribution in [1.29, 1.82) is 0 Å². The van der Waals surface area contributed by atoms with Gasteiger partial charge in [-0.15, -0.1) is 0 Å². The lowest BCUT2D eigenvalue weighted by molar-refractivity contribution is 0.311. The molecule has 2 rings (SSSR count). The fourth-order valence-corrected chi connectivity index (χ4v) is 3.11. The Balaban J connectivity index is 2.01. The monoisotopic (exact) mass is 259 g/mol. The molecule has 4 N–H and O–H groups in total. The molecule has 0 aromatic carbocycles. The van der Waals surface area contributed by atoms with Gasteiger partial charge in [0.25, 0.3) is 0 Å². The molecular formula is C9H17N5O2S. The van der Waals surface area contributed by atoms with Crippen molar-refractivity contribution in [3.05, 3.63) is 6.20 Å². The summed E-state index contributed by atoms with van der Waals surface area (Å²) in [5.41, 5.74) is 5.49. The second-order valence-corrected chi connectivity index (χ2v) is 6.01. The van der Waals surface area contributed by atoms with E-state index in [1.165, 1.54) is 6.20 Å². The molecule has 0 amide bonds. The van der Waals surface area contributed by atoms with Crippen LogP contribution in [0.4, 0.5) is 5.82 Å². The maximum absolute atomic E-state index is 11.9.